The number of anilines is 8. The van der Waals surface area contributed by atoms with E-state index >= 15 is 0 Å². The number of nitrogens with zero attached hydrogens (tertiary/aromatic N) is 11. The zero-order chi connectivity index (χ0) is 86.2. The molecule has 0 saturated heterocycles. The molecule has 7 aromatic carbocycles. The van der Waals surface area contributed by atoms with E-state index < -0.39 is 24.6 Å². The molecule has 0 bridgehead atoms. The minimum Gasteiger partial charge on any atom is -0.495 e. The number of isothiocyanates is 1. The smallest absolute Gasteiger partial charge is 0.271 e. The Balaban J connectivity index is 0.00000128. The highest BCUT2D eigenvalue weighted by Crippen LogP contribution is 2.37. The molecule has 5 N–H and O–H groups in total. The van der Waals surface area contributed by atoms with Gasteiger partial charge in [0, 0.05) is 147 Å². The first-order valence-electron chi connectivity index (χ1n) is 34.7. The van der Waals surface area contributed by atoms with Crippen molar-refractivity contribution in [1.82, 2.24) is 0 Å². The van der Waals surface area contributed by atoms with Gasteiger partial charge < -0.3 is 74.4 Å². The van der Waals surface area contributed by atoms with Crippen LogP contribution in [0.25, 0.3) is 0 Å². The number of carbonyl (C=O) groups excluding carboxylic acids is 4. The monoisotopic (exact) mass is 1610 g/mol. The lowest BCUT2D eigenvalue weighted by molar-refractivity contribution is -0.385. The number of nitro groups is 5. The van der Waals surface area contributed by atoms with Gasteiger partial charge in [-0.15, -0.1) is 0 Å². The van der Waals surface area contributed by atoms with Crippen LogP contribution in [0.3, 0.4) is 0 Å². The molecule has 37 heteroatoms. The largest absolute Gasteiger partial charge is 0.495 e. The fourth-order valence-electron chi connectivity index (χ4n) is 9.39. The molecule has 0 aromatic heterocycles. The summed E-state index contributed by atoms with van der Waals surface area (Å²) in [7, 11) is 19.8. The lowest BCUT2D eigenvalue weighted by Crippen LogP contribution is -2.25. The molecular weight excluding hydrogens is 1510 g/mol. The van der Waals surface area contributed by atoms with E-state index in [2.05, 4.69) is 58.3 Å². The highest BCUT2D eigenvalue weighted by Gasteiger charge is 2.21. The van der Waals surface area contributed by atoms with Gasteiger partial charge in [-0.05, 0) is 110 Å². The van der Waals surface area contributed by atoms with Crippen LogP contribution in [-0.4, -0.2) is 157 Å². The second-order valence-electron chi connectivity index (χ2n) is 23.1. The number of aliphatic imine (C=N–C) groups is 1. The number of nitrogens with one attached hydrogen (secondary N) is 1. The molecule has 0 atom stereocenters. The standard InChI is InChI=1S/C12H16N2OS.2C11H14N2O4.C11H16N2O3.C11H18N2O.C10H12N2O4.C7H8N2O3.C3H5ClO/c1-4-7-14(2)11-8-10(13-9-16)5-6-12(11)15-3;2*1-4-11(14)12(2)9-7-8(13(15)16)5-6-10(9)17-3;1-4-7-12(2)10-8-9(13(14)15)5-6-11(10)16-3;1-4-7-13(2)10-8-9(12)5-6-11(10)14-3;1-3-10(13)11-8-6-7(12(14)15)4-5-9(8)16-2;1-12-7-3-2-5(9(10)11)4-6(7)8;1-2-3(4)5/h5-6,8H,4,7H2,1-3H3;2*5-7H,4H2,1-3H3;5-6,8H,4,7H2,1-3H3;5-6,8H,4,7,12H2,1-3H3;4-6H,3H2,1-2H3,(H,11,13);2-4H,8H2,1H3;2H2,1H3. The zero-order valence-electron chi connectivity index (χ0n) is 67.1. The Hall–Kier alpha value is -12.7. The number of benzene rings is 7. The summed E-state index contributed by atoms with van der Waals surface area (Å²) in [6.07, 6.45) is 4.54. The van der Waals surface area contributed by atoms with Gasteiger partial charge in [0.15, 0.2) is 0 Å². The van der Waals surface area contributed by atoms with Gasteiger partial charge >= 0.3 is 0 Å². The Bertz CT molecular complexity index is 4160. The highest BCUT2D eigenvalue weighted by atomic mass is 35.5. The highest BCUT2D eigenvalue weighted by molar-refractivity contribution is 7.78. The second kappa shape index (κ2) is 54.0. The van der Waals surface area contributed by atoms with Crippen LogP contribution in [0.5, 0.6) is 40.2 Å². The normalized spacial score (nSPS) is 9.63. The molecule has 0 fully saturated rings. The van der Waals surface area contributed by atoms with Gasteiger partial charge in [-0.25, -0.2) is 0 Å². The van der Waals surface area contributed by atoms with Crippen LogP contribution < -0.4 is 74.4 Å². The van der Waals surface area contributed by atoms with Crippen LogP contribution in [-0.2, 0) is 19.2 Å². The first-order valence-corrected chi connectivity index (χ1v) is 35.5. The van der Waals surface area contributed by atoms with E-state index in [1.807, 2.05) is 62.4 Å². The first kappa shape index (κ1) is 100. The molecule has 0 saturated carbocycles. The zero-order valence-corrected chi connectivity index (χ0v) is 68.7. The Kier molecular flexibility index (Phi) is 47.9. The summed E-state index contributed by atoms with van der Waals surface area (Å²) >= 11 is 9.42. The predicted molar refractivity (Wildman–Crippen MR) is 446 cm³/mol. The van der Waals surface area contributed by atoms with Crippen molar-refractivity contribution >= 4 is 132 Å². The maximum absolute atomic E-state index is 11.6. The molecular formula is C76H103ClN14O21S. The number of hydrogen-bond donors (Lipinski definition) is 3. The van der Waals surface area contributed by atoms with Gasteiger partial charge in [-0.1, -0.05) is 48.5 Å². The van der Waals surface area contributed by atoms with E-state index in [-0.39, 0.29) is 57.1 Å². The number of rotatable bonds is 29. The van der Waals surface area contributed by atoms with Gasteiger partial charge in [-0.2, -0.15) is 4.99 Å². The summed E-state index contributed by atoms with van der Waals surface area (Å²) < 4.78 is 35.7. The maximum Gasteiger partial charge on any atom is 0.271 e. The van der Waals surface area contributed by atoms with E-state index in [1.54, 1.807) is 69.2 Å². The minimum absolute atomic E-state index is 0.0340. The van der Waals surface area contributed by atoms with Gasteiger partial charge in [0.05, 0.1) is 125 Å². The molecule has 0 radical (unpaired) electrons. The molecule has 35 nitrogen and oxygen atoms in total. The summed E-state index contributed by atoms with van der Waals surface area (Å²) in [5.41, 5.74) is 16.7. The van der Waals surface area contributed by atoms with Gasteiger partial charge in [0.25, 0.3) is 28.4 Å². The van der Waals surface area contributed by atoms with Gasteiger partial charge in [0.2, 0.25) is 23.0 Å². The molecule has 0 aliphatic rings. The van der Waals surface area contributed by atoms with E-state index in [4.69, 9.17) is 56.2 Å². The van der Waals surface area contributed by atoms with Gasteiger partial charge in [-0.3, -0.25) is 69.7 Å². The molecule has 3 amide bonds. The van der Waals surface area contributed by atoms with E-state index in [1.165, 1.54) is 123 Å². The number of nitrogen functional groups attached to an aromatic ring is 2. The Labute approximate surface area is 668 Å². The third-order valence-electron chi connectivity index (χ3n) is 15.3. The fraction of sp³-hybridized carbons (Fsp3) is 0.382. The van der Waals surface area contributed by atoms with Crippen molar-refractivity contribution in [2.45, 2.75) is 93.4 Å². The van der Waals surface area contributed by atoms with Crippen LogP contribution >= 0.6 is 23.8 Å². The van der Waals surface area contributed by atoms with Crippen molar-refractivity contribution in [1.29, 1.82) is 0 Å². The Morgan fingerprint density at radius 1 is 0.416 bits per heavy atom. The van der Waals surface area contributed by atoms with Gasteiger partial charge in [0.1, 0.15) is 40.2 Å². The molecule has 0 unspecified atom stereocenters. The summed E-state index contributed by atoms with van der Waals surface area (Å²) in [6, 6.07) is 32.4. The maximum atomic E-state index is 11.6. The average molecular weight is 1620 g/mol. The van der Waals surface area contributed by atoms with E-state index in [0.29, 0.717) is 71.5 Å². The molecule has 616 valence electrons. The third kappa shape index (κ3) is 34.8. The molecule has 0 aliphatic carbocycles. The summed E-state index contributed by atoms with van der Waals surface area (Å²) in [5.74, 6) is 3.58. The van der Waals surface area contributed by atoms with Crippen molar-refractivity contribution < 1.29 is 77.0 Å². The fourth-order valence-corrected chi connectivity index (χ4v) is 9.50. The lowest BCUT2D eigenvalue weighted by atomic mass is 10.2. The van der Waals surface area contributed by atoms with Crippen molar-refractivity contribution in [2.75, 3.05) is 146 Å². The van der Waals surface area contributed by atoms with E-state index in [9.17, 15) is 69.7 Å². The molecule has 7 rings (SSSR count). The Morgan fingerprint density at radius 2 is 0.708 bits per heavy atom. The summed E-state index contributed by atoms with van der Waals surface area (Å²) in [4.78, 5) is 107. The number of methoxy groups -OCH3 is 7. The van der Waals surface area contributed by atoms with Crippen LogP contribution in [0.2, 0.25) is 0 Å². The van der Waals surface area contributed by atoms with Crippen molar-refractivity contribution in [3.05, 3.63) is 178 Å². The molecule has 113 heavy (non-hydrogen) atoms. The average Bonchev–Trinajstić information content (AvgIpc) is 0.828. The molecule has 0 aliphatic heterocycles. The molecule has 7 aromatic rings. The lowest BCUT2D eigenvalue weighted by Gasteiger charge is -2.21. The van der Waals surface area contributed by atoms with Crippen LogP contribution in [0, 0.1) is 50.6 Å². The predicted octanol–water partition coefficient (Wildman–Crippen LogP) is 16.1. The van der Waals surface area contributed by atoms with Crippen molar-refractivity contribution in [3.63, 3.8) is 0 Å². The number of halogens is 1. The second-order valence-corrected chi connectivity index (χ2v) is 23.7. The topological polar surface area (TPSA) is 441 Å². The summed E-state index contributed by atoms with van der Waals surface area (Å²) in [6.45, 7) is 16.0. The van der Waals surface area contributed by atoms with Crippen LogP contribution in [0.4, 0.5) is 79.6 Å². The number of nitrogens with two attached hydrogens (primary N) is 2. The molecule has 0 heterocycles. The number of ether oxygens (including phenoxy) is 7. The quantitative estimate of drug-likeness (QED) is 0.00979. The van der Waals surface area contributed by atoms with Crippen molar-refractivity contribution in [3.8, 4) is 40.2 Å². The number of hydrogen-bond acceptors (Lipinski definition) is 28. The Morgan fingerprint density at radius 3 is 1.02 bits per heavy atom. The first-order chi connectivity index (χ1) is 53.5. The SMILES string of the molecule is CCC(=O)Cl.CCC(=O)N(C)c1cc([N+](=O)[O-])ccc1OC.CCC(=O)N(C)c1cc([N+](=O)[O-])ccc1OC.CCC(=O)Nc1cc([N+](=O)[O-])ccc1OC.CCCN(C)c1cc(N)ccc1OC.CCCN(C)c1cc(N=C=S)ccc1OC.CCCN(C)c1cc([N+](=O)[O-])ccc1OC.COc1ccc([N+](=O)[O-])cc1N. The van der Waals surface area contributed by atoms with Crippen molar-refractivity contribution in [2.24, 2.45) is 4.99 Å². The van der Waals surface area contributed by atoms with Crippen LogP contribution in [0.1, 0.15) is 93.4 Å². The number of thiocarbonyl (C=S) groups is 1. The van der Waals surface area contributed by atoms with Crippen LogP contribution in [0.15, 0.2) is 132 Å². The summed E-state index contributed by atoms with van der Waals surface area (Å²) in [5, 5.41) is 57.5. The molecule has 0 spiro atoms. The number of amides is 3. The number of non-ortho nitro benzene ring substituents is 5. The number of nitro benzene ring substituents is 5. The third-order valence-corrected chi connectivity index (χ3v) is 15.7. The number of carbonyl (C=O) groups is 4. The minimum atomic E-state index is -0.527. The van der Waals surface area contributed by atoms with E-state index in [0.717, 1.165) is 78.8 Å².